The molecule has 0 heterocycles. The first-order chi connectivity index (χ1) is 5.70. The third-order valence-corrected chi connectivity index (χ3v) is 1.64. The van der Waals surface area contributed by atoms with Crippen LogP contribution in [-0.4, -0.2) is 13.7 Å². The van der Waals surface area contributed by atoms with Gasteiger partial charge in [-0.05, 0) is 12.8 Å². The molecule has 12 heavy (non-hydrogen) atoms. The van der Waals surface area contributed by atoms with Crippen molar-refractivity contribution < 1.29 is 4.74 Å². The first kappa shape index (κ1) is 11.2. The highest BCUT2D eigenvalue weighted by atomic mass is 16.5. The fourth-order valence-corrected chi connectivity index (χ4v) is 0.670. The summed E-state index contributed by atoms with van der Waals surface area (Å²) in [6, 6.07) is 0. The fourth-order valence-electron chi connectivity index (χ4n) is 0.670. The normalized spacial score (nSPS) is 10.5. The van der Waals surface area contributed by atoms with E-state index in [2.05, 4.69) is 20.1 Å². The first-order valence-electron chi connectivity index (χ1n) is 4.23. The molecule has 0 fully saturated rings. The van der Waals surface area contributed by atoms with E-state index in [4.69, 9.17) is 4.74 Å². The molecule has 1 nitrogen and oxygen atoms in total. The fraction of sp³-hybridized carbons (Fsp3) is 0.455. The Morgan fingerprint density at radius 1 is 1.25 bits per heavy atom. The van der Waals surface area contributed by atoms with Crippen molar-refractivity contribution >= 4 is 0 Å². The molecule has 0 saturated carbocycles. The lowest BCUT2D eigenvalue weighted by Gasteiger charge is -1.98. The standard InChI is InChI=1S/C11H18O/c1-5-10(2)6-7-11(3)8-9-12-4/h6-7H,2-3,5,8-9H2,1,4H3/b7-6-. The Bertz CT molecular complexity index is 177. The van der Waals surface area contributed by atoms with E-state index in [0.717, 1.165) is 30.6 Å². The van der Waals surface area contributed by atoms with Crippen LogP contribution in [0.15, 0.2) is 36.5 Å². The van der Waals surface area contributed by atoms with E-state index in [1.165, 1.54) is 0 Å². The maximum atomic E-state index is 4.93. The maximum absolute atomic E-state index is 4.93. The Kier molecular flexibility index (Phi) is 6.39. The topological polar surface area (TPSA) is 9.23 Å². The molecule has 0 aromatic rings. The summed E-state index contributed by atoms with van der Waals surface area (Å²) < 4.78 is 4.93. The number of hydrogen-bond acceptors (Lipinski definition) is 1. The van der Waals surface area contributed by atoms with Crippen molar-refractivity contribution in [2.24, 2.45) is 0 Å². The maximum Gasteiger partial charge on any atom is 0.0502 e. The molecule has 0 aliphatic rings. The molecule has 0 bridgehead atoms. The molecule has 68 valence electrons. The highest BCUT2D eigenvalue weighted by Crippen LogP contribution is 2.04. The van der Waals surface area contributed by atoms with Crippen LogP contribution in [0.3, 0.4) is 0 Å². The van der Waals surface area contributed by atoms with E-state index in [0.29, 0.717) is 0 Å². The summed E-state index contributed by atoms with van der Waals surface area (Å²) in [5, 5.41) is 0. The Morgan fingerprint density at radius 2 is 1.83 bits per heavy atom. The van der Waals surface area contributed by atoms with Gasteiger partial charge in [0.05, 0.1) is 6.61 Å². The second-order valence-corrected chi connectivity index (χ2v) is 2.75. The van der Waals surface area contributed by atoms with Crippen LogP contribution >= 0.6 is 0 Å². The molecule has 0 unspecified atom stereocenters. The average molecular weight is 166 g/mol. The van der Waals surface area contributed by atoms with E-state index in [9.17, 15) is 0 Å². The van der Waals surface area contributed by atoms with Crippen LogP contribution in [0.1, 0.15) is 19.8 Å². The van der Waals surface area contributed by atoms with Crippen LogP contribution in [0.25, 0.3) is 0 Å². The second kappa shape index (κ2) is 6.86. The van der Waals surface area contributed by atoms with Crippen LogP contribution in [0.2, 0.25) is 0 Å². The van der Waals surface area contributed by atoms with Crippen molar-refractivity contribution in [2.45, 2.75) is 19.8 Å². The van der Waals surface area contributed by atoms with Gasteiger partial charge in [0.25, 0.3) is 0 Å². The van der Waals surface area contributed by atoms with Crippen LogP contribution in [0, 0.1) is 0 Å². The monoisotopic (exact) mass is 166 g/mol. The Labute approximate surface area is 75.4 Å². The van der Waals surface area contributed by atoms with Crippen LogP contribution in [0.4, 0.5) is 0 Å². The predicted molar refractivity (Wildman–Crippen MR) is 54.2 cm³/mol. The quantitative estimate of drug-likeness (QED) is 0.551. The lowest BCUT2D eigenvalue weighted by atomic mass is 10.1. The van der Waals surface area contributed by atoms with Crippen molar-refractivity contribution in [2.75, 3.05) is 13.7 Å². The van der Waals surface area contributed by atoms with Gasteiger partial charge in [0.1, 0.15) is 0 Å². The van der Waals surface area contributed by atoms with Gasteiger partial charge in [-0.3, -0.25) is 0 Å². The van der Waals surface area contributed by atoms with Gasteiger partial charge in [-0.1, -0.05) is 43.4 Å². The summed E-state index contributed by atoms with van der Waals surface area (Å²) in [4.78, 5) is 0. The minimum Gasteiger partial charge on any atom is -0.384 e. The Balaban J connectivity index is 3.67. The molecule has 0 aromatic heterocycles. The Morgan fingerprint density at radius 3 is 2.33 bits per heavy atom. The molecule has 0 atom stereocenters. The zero-order valence-corrected chi connectivity index (χ0v) is 8.10. The van der Waals surface area contributed by atoms with Crippen LogP contribution < -0.4 is 0 Å². The van der Waals surface area contributed by atoms with Gasteiger partial charge in [0.2, 0.25) is 0 Å². The minimum atomic E-state index is 0.738. The lowest BCUT2D eigenvalue weighted by Crippen LogP contribution is -1.88. The van der Waals surface area contributed by atoms with Gasteiger partial charge in [-0.15, -0.1) is 0 Å². The van der Waals surface area contributed by atoms with Crippen molar-refractivity contribution in [3.8, 4) is 0 Å². The molecule has 0 radical (unpaired) electrons. The SMILES string of the molecule is C=C(/C=C\C(=C)CCOC)CC. The number of ether oxygens (including phenoxy) is 1. The zero-order chi connectivity index (χ0) is 9.40. The highest BCUT2D eigenvalue weighted by Gasteiger charge is 1.88. The van der Waals surface area contributed by atoms with Gasteiger partial charge < -0.3 is 4.74 Å². The highest BCUT2D eigenvalue weighted by molar-refractivity contribution is 5.23. The molecule has 0 aliphatic heterocycles. The van der Waals surface area contributed by atoms with Crippen molar-refractivity contribution in [3.63, 3.8) is 0 Å². The molecule has 1 heteroatoms. The van der Waals surface area contributed by atoms with Crippen molar-refractivity contribution in [1.82, 2.24) is 0 Å². The molecule has 0 rings (SSSR count). The van der Waals surface area contributed by atoms with Crippen LogP contribution in [0.5, 0.6) is 0 Å². The van der Waals surface area contributed by atoms with Crippen LogP contribution in [-0.2, 0) is 4.74 Å². The van der Waals surface area contributed by atoms with Crippen molar-refractivity contribution in [3.05, 3.63) is 36.5 Å². The van der Waals surface area contributed by atoms with E-state index in [-0.39, 0.29) is 0 Å². The van der Waals surface area contributed by atoms with E-state index < -0.39 is 0 Å². The average Bonchev–Trinajstić information content (AvgIpc) is 2.10. The summed E-state index contributed by atoms with van der Waals surface area (Å²) in [6.07, 6.45) is 5.90. The second-order valence-electron chi connectivity index (χ2n) is 2.75. The molecule has 0 aromatic carbocycles. The summed E-state index contributed by atoms with van der Waals surface area (Å²) in [5.74, 6) is 0. The predicted octanol–water partition coefficient (Wildman–Crippen LogP) is 3.10. The van der Waals surface area contributed by atoms with Gasteiger partial charge >= 0.3 is 0 Å². The molecule has 0 spiro atoms. The van der Waals surface area contributed by atoms with Gasteiger partial charge in [0.15, 0.2) is 0 Å². The third kappa shape index (κ3) is 5.93. The summed E-state index contributed by atoms with van der Waals surface area (Å²) >= 11 is 0. The molecule has 0 amide bonds. The van der Waals surface area contributed by atoms with Gasteiger partial charge in [-0.25, -0.2) is 0 Å². The largest absolute Gasteiger partial charge is 0.384 e. The van der Waals surface area contributed by atoms with Crippen molar-refractivity contribution in [1.29, 1.82) is 0 Å². The summed E-state index contributed by atoms with van der Waals surface area (Å²) in [5.41, 5.74) is 2.22. The molecular formula is C11H18O. The summed E-state index contributed by atoms with van der Waals surface area (Å²) in [6.45, 7) is 10.6. The minimum absolute atomic E-state index is 0.738. The number of allylic oxidation sites excluding steroid dienone is 3. The number of hydrogen-bond donors (Lipinski definition) is 0. The van der Waals surface area contributed by atoms with E-state index in [1.54, 1.807) is 7.11 Å². The summed E-state index contributed by atoms with van der Waals surface area (Å²) in [7, 11) is 1.70. The lowest BCUT2D eigenvalue weighted by molar-refractivity contribution is 0.203. The molecule has 0 saturated heterocycles. The van der Waals surface area contributed by atoms with Gasteiger partial charge in [-0.2, -0.15) is 0 Å². The smallest absolute Gasteiger partial charge is 0.0502 e. The first-order valence-corrected chi connectivity index (χ1v) is 4.23. The van der Waals surface area contributed by atoms with Gasteiger partial charge in [0, 0.05) is 7.11 Å². The number of methoxy groups -OCH3 is 1. The van der Waals surface area contributed by atoms with E-state index in [1.807, 2.05) is 12.2 Å². The Hall–Kier alpha value is -0.820. The van der Waals surface area contributed by atoms with E-state index >= 15 is 0 Å². The third-order valence-electron chi connectivity index (χ3n) is 1.64. The molecule has 0 N–H and O–H groups in total. The molecular weight excluding hydrogens is 148 g/mol. The molecule has 0 aliphatic carbocycles. The number of rotatable bonds is 6. The zero-order valence-electron chi connectivity index (χ0n) is 8.10.